The molecule has 1 amide bonds. The zero-order valence-electron chi connectivity index (χ0n) is 12.9. The highest BCUT2D eigenvalue weighted by atomic mass is 16.5. The van der Waals surface area contributed by atoms with Gasteiger partial charge in [-0.15, -0.1) is 0 Å². The van der Waals surface area contributed by atoms with Gasteiger partial charge in [0, 0.05) is 32.0 Å². The molecular weight excluding hydrogens is 272 g/mol. The second kappa shape index (κ2) is 10.6. The third-order valence-corrected chi connectivity index (χ3v) is 3.77. The van der Waals surface area contributed by atoms with E-state index in [9.17, 15) is 9.59 Å². The summed E-state index contributed by atoms with van der Waals surface area (Å²) in [6.07, 6.45) is 4.25. The molecule has 6 heteroatoms. The van der Waals surface area contributed by atoms with Crippen LogP contribution in [0.15, 0.2) is 0 Å². The number of morpholine rings is 1. The Balaban J connectivity index is 2.16. The number of carbonyl (C=O) groups is 2. The lowest BCUT2D eigenvalue weighted by Crippen LogP contribution is -2.44. The standard InChI is InChI=1S/C15H28N2O4/c1-2-3-12(4-5-15(19)20)6-7-17-14(18)10-13-11-21-9-8-16-13/h12-13,16H,2-11H2,1H3,(H,17,18)(H,19,20). The number of aliphatic carboxylic acids is 1. The van der Waals surface area contributed by atoms with Crippen LogP contribution in [0.2, 0.25) is 0 Å². The van der Waals surface area contributed by atoms with E-state index in [0.717, 1.165) is 25.8 Å². The Labute approximate surface area is 126 Å². The average molecular weight is 300 g/mol. The van der Waals surface area contributed by atoms with Gasteiger partial charge in [-0.1, -0.05) is 19.8 Å². The fourth-order valence-electron chi connectivity index (χ4n) is 2.63. The van der Waals surface area contributed by atoms with Gasteiger partial charge in [0.1, 0.15) is 0 Å². The van der Waals surface area contributed by atoms with Crippen LogP contribution in [0.4, 0.5) is 0 Å². The van der Waals surface area contributed by atoms with E-state index in [1.54, 1.807) is 0 Å². The largest absolute Gasteiger partial charge is 0.481 e. The monoisotopic (exact) mass is 300 g/mol. The number of carbonyl (C=O) groups excluding carboxylic acids is 1. The van der Waals surface area contributed by atoms with Crippen LogP contribution in [0.3, 0.4) is 0 Å². The summed E-state index contributed by atoms with van der Waals surface area (Å²) in [5, 5.41) is 14.9. The van der Waals surface area contributed by atoms with Crippen LogP contribution in [-0.4, -0.2) is 49.3 Å². The van der Waals surface area contributed by atoms with Crippen molar-refractivity contribution in [1.29, 1.82) is 0 Å². The Morgan fingerprint density at radius 1 is 1.38 bits per heavy atom. The fraction of sp³-hybridized carbons (Fsp3) is 0.867. The average Bonchev–Trinajstić information content (AvgIpc) is 2.45. The Morgan fingerprint density at radius 2 is 2.19 bits per heavy atom. The predicted octanol–water partition coefficient (Wildman–Crippen LogP) is 1.15. The highest BCUT2D eigenvalue weighted by molar-refractivity contribution is 5.76. The van der Waals surface area contributed by atoms with Gasteiger partial charge < -0.3 is 20.5 Å². The van der Waals surface area contributed by atoms with Crippen molar-refractivity contribution in [3.63, 3.8) is 0 Å². The van der Waals surface area contributed by atoms with Crippen molar-refractivity contribution >= 4 is 11.9 Å². The molecule has 3 N–H and O–H groups in total. The second-order valence-electron chi connectivity index (χ2n) is 5.66. The number of nitrogens with one attached hydrogen (secondary N) is 2. The Morgan fingerprint density at radius 3 is 2.81 bits per heavy atom. The smallest absolute Gasteiger partial charge is 0.303 e. The first kappa shape index (κ1) is 17.9. The van der Waals surface area contributed by atoms with E-state index in [1.165, 1.54) is 0 Å². The summed E-state index contributed by atoms with van der Waals surface area (Å²) in [7, 11) is 0. The maximum absolute atomic E-state index is 11.8. The first-order chi connectivity index (χ1) is 10.1. The minimum absolute atomic E-state index is 0.0338. The van der Waals surface area contributed by atoms with E-state index in [0.29, 0.717) is 38.5 Å². The molecule has 6 nitrogen and oxygen atoms in total. The number of rotatable bonds is 10. The van der Waals surface area contributed by atoms with Gasteiger partial charge in [0.2, 0.25) is 5.91 Å². The van der Waals surface area contributed by atoms with Crippen LogP contribution in [0.25, 0.3) is 0 Å². The predicted molar refractivity (Wildman–Crippen MR) is 80.1 cm³/mol. The molecule has 1 heterocycles. The lowest BCUT2D eigenvalue weighted by molar-refractivity contribution is -0.137. The van der Waals surface area contributed by atoms with Gasteiger partial charge in [-0.2, -0.15) is 0 Å². The molecule has 21 heavy (non-hydrogen) atoms. The lowest BCUT2D eigenvalue weighted by atomic mass is 9.94. The molecule has 1 aliphatic rings. The number of ether oxygens (including phenoxy) is 1. The Bertz CT molecular complexity index is 317. The molecular formula is C15H28N2O4. The third kappa shape index (κ3) is 8.67. The van der Waals surface area contributed by atoms with E-state index in [1.807, 2.05) is 0 Å². The molecule has 2 unspecified atom stereocenters. The SMILES string of the molecule is CCCC(CCNC(=O)CC1COCCN1)CCC(=O)O. The van der Waals surface area contributed by atoms with Crippen molar-refractivity contribution < 1.29 is 19.4 Å². The summed E-state index contributed by atoms with van der Waals surface area (Å²) < 4.78 is 5.31. The Kier molecular flexibility index (Phi) is 9.01. The molecule has 0 aromatic rings. The highest BCUT2D eigenvalue weighted by Crippen LogP contribution is 2.17. The lowest BCUT2D eigenvalue weighted by Gasteiger charge is -2.23. The number of amides is 1. The van der Waals surface area contributed by atoms with E-state index in [2.05, 4.69) is 17.6 Å². The van der Waals surface area contributed by atoms with Crippen molar-refractivity contribution in [3.05, 3.63) is 0 Å². The number of carboxylic acids is 1. The minimum Gasteiger partial charge on any atom is -0.481 e. The van der Waals surface area contributed by atoms with Crippen LogP contribution in [0.5, 0.6) is 0 Å². The van der Waals surface area contributed by atoms with Gasteiger partial charge >= 0.3 is 5.97 Å². The normalized spacial score (nSPS) is 20.0. The van der Waals surface area contributed by atoms with Crippen LogP contribution in [0, 0.1) is 5.92 Å². The quantitative estimate of drug-likeness (QED) is 0.563. The van der Waals surface area contributed by atoms with E-state index >= 15 is 0 Å². The van der Waals surface area contributed by atoms with Crippen molar-refractivity contribution in [2.75, 3.05) is 26.3 Å². The molecule has 0 spiro atoms. The highest BCUT2D eigenvalue weighted by Gasteiger charge is 2.17. The summed E-state index contributed by atoms with van der Waals surface area (Å²) in [6, 6.07) is 0.109. The van der Waals surface area contributed by atoms with Crippen LogP contribution >= 0.6 is 0 Å². The van der Waals surface area contributed by atoms with Crippen molar-refractivity contribution in [2.45, 2.75) is 51.5 Å². The topological polar surface area (TPSA) is 87.7 Å². The maximum Gasteiger partial charge on any atom is 0.303 e. The second-order valence-corrected chi connectivity index (χ2v) is 5.66. The molecule has 1 fully saturated rings. The molecule has 122 valence electrons. The van der Waals surface area contributed by atoms with Gasteiger partial charge in [0.15, 0.2) is 0 Å². The van der Waals surface area contributed by atoms with Crippen LogP contribution in [0.1, 0.15) is 45.4 Å². The molecule has 0 aromatic heterocycles. The number of hydrogen-bond acceptors (Lipinski definition) is 4. The number of hydrogen-bond donors (Lipinski definition) is 3. The summed E-state index contributed by atoms with van der Waals surface area (Å²) in [5.74, 6) is -0.336. The third-order valence-electron chi connectivity index (χ3n) is 3.77. The molecule has 0 saturated carbocycles. The Hall–Kier alpha value is -1.14. The van der Waals surface area contributed by atoms with Gasteiger partial charge in [-0.3, -0.25) is 9.59 Å². The molecule has 1 rings (SSSR count). The molecule has 0 aliphatic carbocycles. The molecule has 0 bridgehead atoms. The van der Waals surface area contributed by atoms with Crippen molar-refractivity contribution in [2.24, 2.45) is 5.92 Å². The molecule has 2 atom stereocenters. The summed E-state index contributed by atoms with van der Waals surface area (Å²) >= 11 is 0. The number of carboxylic acid groups (broad SMARTS) is 1. The summed E-state index contributed by atoms with van der Waals surface area (Å²) in [4.78, 5) is 22.4. The van der Waals surface area contributed by atoms with Crippen LogP contribution in [-0.2, 0) is 14.3 Å². The van der Waals surface area contributed by atoms with Gasteiger partial charge in [-0.05, 0) is 18.8 Å². The first-order valence-corrected chi connectivity index (χ1v) is 7.91. The van der Waals surface area contributed by atoms with E-state index in [-0.39, 0.29) is 18.4 Å². The zero-order chi connectivity index (χ0) is 15.5. The van der Waals surface area contributed by atoms with E-state index < -0.39 is 5.97 Å². The van der Waals surface area contributed by atoms with Crippen molar-refractivity contribution in [1.82, 2.24) is 10.6 Å². The van der Waals surface area contributed by atoms with Gasteiger partial charge in [-0.25, -0.2) is 0 Å². The summed E-state index contributed by atoms with van der Waals surface area (Å²) in [5.41, 5.74) is 0. The molecule has 0 radical (unpaired) electrons. The molecule has 1 saturated heterocycles. The van der Waals surface area contributed by atoms with Crippen LogP contribution < -0.4 is 10.6 Å². The zero-order valence-corrected chi connectivity index (χ0v) is 12.9. The van der Waals surface area contributed by atoms with Crippen molar-refractivity contribution in [3.8, 4) is 0 Å². The molecule has 1 aliphatic heterocycles. The minimum atomic E-state index is -0.747. The maximum atomic E-state index is 11.8. The van der Waals surface area contributed by atoms with E-state index in [4.69, 9.17) is 9.84 Å². The van der Waals surface area contributed by atoms with Gasteiger partial charge in [0.05, 0.1) is 13.2 Å². The fourth-order valence-corrected chi connectivity index (χ4v) is 2.63. The first-order valence-electron chi connectivity index (χ1n) is 7.91. The van der Waals surface area contributed by atoms with Gasteiger partial charge in [0.25, 0.3) is 0 Å². The molecule has 0 aromatic carbocycles. The summed E-state index contributed by atoms with van der Waals surface area (Å²) in [6.45, 7) is 4.81.